The Bertz CT molecular complexity index is 780. The summed E-state index contributed by atoms with van der Waals surface area (Å²) in [5, 5.41) is 3.07. The molecule has 0 unspecified atom stereocenters. The van der Waals surface area contributed by atoms with Crippen LogP contribution < -0.4 is 9.92 Å². The maximum absolute atomic E-state index is 6.34. The van der Waals surface area contributed by atoms with Crippen molar-refractivity contribution in [3.05, 3.63) is 58.8 Å². The summed E-state index contributed by atoms with van der Waals surface area (Å²) in [4.78, 5) is 0. The molecule has 0 aliphatic heterocycles. The molecule has 2 heteroatoms. The quantitative estimate of drug-likeness (QED) is 0.411. The molecule has 27 heavy (non-hydrogen) atoms. The summed E-state index contributed by atoms with van der Waals surface area (Å²) in [5.74, 6) is 1.09. The van der Waals surface area contributed by atoms with E-state index >= 15 is 0 Å². The maximum atomic E-state index is 6.34. The fourth-order valence-corrected chi connectivity index (χ4v) is 7.50. The van der Waals surface area contributed by atoms with Gasteiger partial charge >= 0.3 is 0 Å². The molecule has 1 aliphatic rings. The largest absolute Gasteiger partial charge is 0.489 e. The van der Waals surface area contributed by atoms with Crippen LogP contribution in [-0.4, -0.2) is 14.7 Å². The molecule has 0 heterocycles. The average Bonchev–Trinajstić information content (AvgIpc) is 3.02. The number of hydrogen-bond donors (Lipinski definition) is 0. The normalized spacial score (nSPS) is 15.4. The van der Waals surface area contributed by atoms with E-state index in [0.717, 1.165) is 12.2 Å². The Morgan fingerprint density at radius 3 is 2.22 bits per heavy atom. The molecular formula is C25H38OSi. The zero-order chi connectivity index (χ0) is 20.6. The highest BCUT2D eigenvalue weighted by molar-refractivity contribution is 6.96. The second-order valence-corrected chi connectivity index (χ2v) is 14.8. The Balaban J connectivity index is 2.76. The van der Waals surface area contributed by atoms with Gasteiger partial charge in [-0.25, -0.2) is 0 Å². The Labute approximate surface area is 168 Å². The third-order valence-corrected chi connectivity index (χ3v) is 9.25. The van der Waals surface area contributed by atoms with Crippen LogP contribution in [0.5, 0.6) is 5.75 Å². The second kappa shape index (κ2) is 7.47. The number of ether oxygens (including phenoxy) is 1. The minimum atomic E-state index is -1.90. The van der Waals surface area contributed by atoms with Crippen molar-refractivity contribution in [3.8, 4) is 5.75 Å². The van der Waals surface area contributed by atoms with Crippen LogP contribution >= 0.6 is 0 Å². The van der Waals surface area contributed by atoms with E-state index in [9.17, 15) is 0 Å². The van der Waals surface area contributed by atoms with E-state index in [2.05, 4.69) is 92.4 Å². The minimum Gasteiger partial charge on any atom is -0.489 e. The van der Waals surface area contributed by atoms with Crippen LogP contribution in [0.1, 0.15) is 59.1 Å². The lowest BCUT2D eigenvalue weighted by molar-refractivity contribution is 0.354. The summed E-state index contributed by atoms with van der Waals surface area (Å²) in [5.41, 5.74) is 4.37. The highest BCUT2D eigenvalue weighted by Crippen LogP contribution is 2.40. The Morgan fingerprint density at radius 2 is 1.70 bits per heavy atom. The zero-order valence-corrected chi connectivity index (χ0v) is 19.9. The molecular weight excluding hydrogens is 344 g/mol. The monoisotopic (exact) mass is 382 g/mol. The van der Waals surface area contributed by atoms with Crippen molar-refractivity contribution in [3.63, 3.8) is 0 Å². The summed E-state index contributed by atoms with van der Waals surface area (Å²) in [6.07, 6.45) is 7.62. The van der Waals surface area contributed by atoms with E-state index in [1.165, 1.54) is 21.9 Å². The van der Waals surface area contributed by atoms with Crippen molar-refractivity contribution in [2.24, 2.45) is 5.41 Å². The van der Waals surface area contributed by atoms with Gasteiger partial charge in [-0.3, -0.25) is 0 Å². The van der Waals surface area contributed by atoms with Crippen LogP contribution in [0.25, 0.3) is 0 Å². The van der Waals surface area contributed by atoms with Gasteiger partial charge < -0.3 is 4.74 Å². The van der Waals surface area contributed by atoms with Crippen molar-refractivity contribution in [2.75, 3.05) is 6.61 Å². The molecule has 1 aromatic rings. The van der Waals surface area contributed by atoms with Gasteiger partial charge in [0.2, 0.25) is 0 Å². The van der Waals surface area contributed by atoms with E-state index < -0.39 is 8.07 Å². The maximum Gasteiger partial charge on any atom is 0.123 e. The topological polar surface area (TPSA) is 9.23 Å². The summed E-state index contributed by atoms with van der Waals surface area (Å²) in [6, 6.07) is 4.68. The molecule has 1 aromatic carbocycles. The lowest BCUT2D eigenvalue weighted by atomic mass is 9.85. The van der Waals surface area contributed by atoms with Gasteiger partial charge in [0, 0.05) is 0 Å². The number of aryl methyl sites for hydroxylation is 1. The van der Waals surface area contributed by atoms with Crippen LogP contribution in [0, 0.1) is 12.3 Å². The first kappa shape index (κ1) is 21.8. The SMILES string of the molecule is C=CCOc1c(C(C)(C)C)cc(C)cc1[Si](C)(C)C1=C(C(C)(C)C)C=CC1. The van der Waals surface area contributed by atoms with Gasteiger partial charge in [-0.1, -0.05) is 102 Å². The van der Waals surface area contributed by atoms with Crippen LogP contribution in [0.4, 0.5) is 0 Å². The summed E-state index contributed by atoms with van der Waals surface area (Å²) >= 11 is 0. The molecule has 0 aromatic heterocycles. The van der Waals surface area contributed by atoms with E-state index in [1.54, 1.807) is 5.20 Å². The van der Waals surface area contributed by atoms with Gasteiger partial charge in [0.1, 0.15) is 20.4 Å². The molecule has 0 saturated carbocycles. The highest BCUT2D eigenvalue weighted by Gasteiger charge is 2.38. The molecule has 0 saturated heterocycles. The van der Waals surface area contributed by atoms with Gasteiger partial charge in [-0.15, -0.1) is 0 Å². The van der Waals surface area contributed by atoms with Gasteiger partial charge in [-0.05, 0) is 40.5 Å². The molecule has 0 N–H and O–H groups in total. The molecule has 1 aliphatic carbocycles. The fourth-order valence-electron chi connectivity index (χ4n) is 4.05. The van der Waals surface area contributed by atoms with Gasteiger partial charge in [0.05, 0.1) is 0 Å². The number of allylic oxidation sites excluding steroid dienone is 4. The fraction of sp³-hybridized carbons (Fsp3) is 0.520. The molecule has 2 rings (SSSR count). The first-order valence-corrected chi connectivity index (χ1v) is 13.1. The van der Waals surface area contributed by atoms with Crippen molar-refractivity contribution >= 4 is 13.3 Å². The summed E-state index contributed by atoms with van der Waals surface area (Å²) in [7, 11) is -1.90. The second-order valence-electron chi connectivity index (χ2n) is 10.4. The molecule has 1 nitrogen and oxygen atoms in total. The smallest absolute Gasteiger partial charge is 0.123 e. The predicted molar refractivity (Wildman–Crippen MR) is 123 cm³/mol. The van der Waals surface area contributed by atoms with Crippen LogP contribution in [0.15, 0.2) is 47.7 Å². The molecule has 0 amide bonds. The van der Waals surface area contributed by atoms with Crippen molar-refractivity contribution in [2.45, 2.75) is 73.4 Å². The molecule has 0 fully saturated rings. The third kappa shape index (κ3) is 4.48. The average molecular weight is 383 g/mol. The lowest BCUT2D eigenvalue weighted by Crippen LogP contribution is -2.46. The van der Waals surface area contributed by atoms with Gasteiger partial charge in [0.15, 0.2) is 0 Å². The third-order valence-electron chi connectivity index (χ3n) is 5.55. The molecule has 0 atom stereocenters. The predicted octanol–water partition coefficient (Wildman–Crippen LogP) is 6.61. The summed E-state index contributed by atoms with van der Waals surface area (Å²) < 4.78 is 6.34. The Morgan fingerprint density at radius 1 is 1.07 bits per heavy atom. The van der Waals surface area contributed by atoms with E-state index in [0.29, 0.717) is 6.61 Å². The molecule has 0 spiro atoms. The van der Waals surface area contributed by atoms with Crippen LogP contribution in [-0.2, 0) is 5.41 Å². The van der Waals surface area contributed by atoms with Crippen molar-refractivity contribution in [1.29, 1.82) is 0 Å². The first-order chi connectivity index (χ1) is 12.3. The van der Waals surface area contributed by atoms with Crippen LogP contribution in [0.2, 0.25) is 13.1 Å². The number of rotatable bonds is 5. The molecule has 148 valence electrons. The van der Waals surface area contributed by atoms with E-state index in [4.69, 9.17) is 4.74 Å². The Kier molecular flexibility index (Phi) is 6.01. The van der Waals surface area contributed by atoms with Gasteiger partial charge in [-0.2, -0.15) is 0 Å². The standard InChI is InChI=1S/C25H38OSi/c1-11-15-26-23-20(25(6,7)8)16-18(2)17-22(23)27(9,10)21-14-12-13-19(21)24(3,4)5/h11-13,16-17H,1,14-15H2,2-10H3. The number of hydrogen-bond acceptors (Lipinski definition) is 1. The Hall–Kier alpha value is -1.54. The van der Waals surface area contributed by atoms with Crippen LogP contribution in [0.3, 0.4) is 0 Å². The molecule has 0 bridgehead atoms. The van der Waals surface area contributed by atoms with E-state index in [1.807, 2.05) is 6.08 Å². The summed E-state index contributed by atoms with van der Waals surface area (Å²) in [6.45, 7) is 25.4. The molecule has 0 radical (unpaired) electrons. The van der Waals surface area contributed by atoms with Crippen molar-refractivity contribution < 1.29 is 4.74 Å². The lowest BCUT2D eigenvalue weighted by Gasteiger charge is -2.34. The first-order valence-electron chi connectivity index (χ1n) is 10.1. The number of benzene rings is 1. The van der Waals surface area contributed by atoms with E-state index in [-0.39, 0.29) is 10.8 Å². The van der Waals surface area contributed by atoms with Gasteiger partial charge in [0.25, 0.3) is 0 Å². The van der Waals surface area contributed by atoms with Crippen molar-refractivity contribution in [1.82, 2.24) is 0 Å². The zero-order valence-electron chi connectivity index (χ0n) is 18.9. The highest BCUT2D eigenvalue weighted by atomic mass is 28.3. The minimum absolute atomic E-state index is 0.0386.